The van der Waals surface area contributed by atoms with Crippen molar-refractivity contribution in [3.8, 4) is 0 Å². The van der Waals surface area contributed by atoms with Crippen molar-refractivity contribution in [3.63, 3.8) is 0 Å². The van der Waals surface area contributed by atoms with Crippen LogP contribution in [0.1, 0.15) is 50.6 Å². The number of imidazole rings is 1. The molecule has 0 radical (unpaired) electrons. The lowest BCUT2D eigenvalue weighted by Gasteiger charge is -2.26. The van der Waals surface area contributed by atoms with E-state index < -0.39 is 0 Å². The molecule has 1 atom stereocenters. The minimum atomic E-state index is 0.255. The molecule has 0 bridgehead atoms. The second-order valence-corrected chi connectivity index (χ2v) is 5.65. The summed E-state index contributed by atoms with van der Waals surface area (Å²) in [5.74, 6) is 0.843. The number of nitrogens with one attached hydrogen (secondary N) is 1. The van der Waals surface area contributed by atoms with Crippen molar-refractivity contribution in [1.82, 2.24) is 9.97 Å². The Balaban J connectivity index is 1.59. The van der Waals surface area contributed by atoms with Gasteiger partial charge in [0.1, 0.15) is 0 Å². The van der Waals surface area contributed by atoms with E-state index in [0.29, 0.717) is 6.54 Å². The molecule has 1 aliphatic rings. The molecule has 108 valence electrons. The first-order valence-electron chi connectivity index (χ1n) is 7.67. The second-order valence-electron chi connectivity index (χ2n) is 5.65. The molecule has 1 aliphatic carbocycles. The van der Waals surface area contributed by atoms with Crippen molar-refractivity contribution in [2.75, 3.05) is 13.2 Å². The summed E-state index contributed by atoms with van der Waals surface area (Å²) in [6.45, 7) is 1.45. The van der Waals surface area contributed by atoms with Gasteiger partial charge in [0.15, 0.2) is 0 Å². The number of hydrogen-bond donors (Lipinski definition) is 2. The summed E-state index contributed by atoms with van der Waals surface area (Å²) in [5.41, 5.74) is 7.01. The third kappa shape index (κ3) is 5.33. The summed E-state index contributed by atoms with van der Waals surface area (Å²) in [6.07, 6.45) is 14.0. The molecule has 0 spiro atoms. The molecule has 1 fully saturated rings. The van der Waals surface area contributed by atoms with Gasteiger partial charge in [0.2, 0.25) is 0 Å². The highest BCUT2D eigenvalue weighted by molar-refractivity contribution is 4.93. The van der Waals surface area contributed by atoms with E-state index in [2.05, 4.69) is 9.97 Å². The molecule has 0 aromatic carbocycles. The van der Waals surface area contributed by atoms with Crippen LogP contribution in [0.25, 0.3) is 0 Å². The molecule has 1 aromatic rings. The molecular weight excluding hydrogens is 238 g/mol. The van der Waals surface area contributed by atoms with Crippen LogP contribution < -0.4 is 5.73 Å². The van der Waals surface area contributed by atoms with Crippen molar-refractivity contribution in [1.29, 1.82) is 0 Å². The molecule has 1 heterocycles. The average molecular weight is 265 g/mol. The monoisotopic (exact) mass is 265 g/mol. The Hall–Kier alpha value is -0.870. The van der Waals surface area contributed by atoms with Crippen LogP contribution in [0.5, 0.6) is 0 Å². The van der Waals surface area contributed by atoms with E-state index in [4.69, 9.17) is 10.5 Å². The van der Waals surface area contributed by atoms with Gasteiger partial charge in [-0.1, -0.05) is 32.1 Å². The normalized spacial score (nSPS) is 18.6. The molecule has 2 rings (SSSR count). The molecule has 4 heteroatoms. The Bertz CT molecular complexity index is 320. The fourth-order valence-electron chi connectivity index (χ4n) is 2.96. The van der Waals surface area contributed by atoms with Gasteiger partial charge < -0.3 is 15.5 Å². The summed E-state index contributed by atoms with van der Waals surface area (Å²) in [4.78, 5) is 7.13. The quantitative estimate of drug-likeness (QED) is 0.710. The molecule has 0 aliphatic heterocycles. The van der Waals surface area contributed by atoms with E-state index in [0.717, 1.165) is 31.8 Å². The van der Waals surface area contributed by atoms with Crippen molar-refractivity contribution >= 4 is 0 Å². The number of rotatable bonds is 8. The number of hydrogen-bond acceptors (Lipinski definition) is 3. The number of aromatic amines is 1. The summed E-state index contributed by atoms with van der Waals surface area (Å²) in [6, 6.07) is 0. The Kier molecular flexibility index (Phi) is 6.37. The number of H-pyrrole nitrogens is 1. The topological polar surface area (TPSA) is 63.9 Å². The van der Waals surface area contributed by atoms with E-state index in [1.165, 1.54) is 37.8 Å². The first kappa shape index (κ1) is 14.5. The van der Waals surface area contributed by atoms with E-state index in [1.54, 1.807) is 6.33 Å². The van der Waals surface area contributed by atoms with Crippen LogP contribution in [0.3, 0.4) is 0 Å². The summed E-state index contributed by atoms with van der Waals surface area (Å²) in [7, 11) is 0. The number of nitrogens with zero attached hydrogens (tertiary/aromatic N) is 1. The number of nitrogens with two attached hydrogens (primary N) is 1. The van der Waals surface area contributed by atoms with E-state index in [1.807, 2.05) is 6.20 Å². The first-order valence-corrected chi connectivity index (χ1v) is 7.67. The zero-order chi connectivity index (χ0) is 13.3. The minimum absolute atomic E-state index is 0.255. The van der Waals surface area contributed by atoms with Gasteiger partial charge in [-0.15, -0.1) is 0 Å². The summed E-state index contributed by atoms with van der Waals surface area (Å²) in [5, 5.41) is 0. The molecule has 1 unspecified atom stereocenters. The molecule has 1 saturated carbocycles. The molecule has 19 heavy (non-hydrogen) atoms. The maximum Gasteiger partial charge on any atom is 0.0921 e. The number of aromatic nitrogens is 2. The van der Waals surface area contributed by atoms with Crippen molar-refractivity contribution in [3.05, 3.63) is 18.2 Å². The summed E-state index contributed by atoms with van der Waals surface area (Å²) < 4.78 is 5.93. The highest BCUT2D eigenvalue weighted by atomic mass is 16.5. The average Bonchev–Trinajstić information content (AvgIpc) is 2.96. The third-order valence-corrected chi connectivity index (χ3v) is 4.08. The molecule has 4 nitrogen and oxygen atoms in total. The zero-order valence-corrected chi connectivity index (χ0v) is 11.8. The SMILES string of the molecule is NCC(CC1CCCCC1)OCCCc1cnc[nH]1. The molecule has 1 aromatic heterocycles. The van der Waals surface area contributed by atoms with Crippen LogP contribution in [-0.2, 0) is 11.2 Å². The second kappa shape index (κ2) is 8.33. The predicted molar refractivity (Wildman–Crippen MR) is 76.9 cm³/mol. The first-order chi connectivity index (χ1) is 9.38. The van der Waals surface area contributed by atoms with Gasteiger partial charge in [-0.25, -0.2) is 4.98 Å². The van der Waals surface area contributed by atoms with Gasteiger partial charge in [-0.05, 0) is 25.2 Å². The Morgan fingerprint density at radius 2 is 2.21 bits per heavy atom. The van der Waals surface area contributed by atoms with Gasteiger partial charge in [0, 0.05) is 25.0 Å². The third-order valence-electron chi connectivity index (χ3n) is 4.08. The molecule has 0 saturated heterocycles. The molecular formula is C15H27N3O. The van der Waals surface area contributed by atoms with Crippen LogP contribution >= 0.6 is 0 Å². The minimum Gasteiger partial charge on any atom is -0.377 e. The zero-order valence-electron chi connectivity index (χ0n) is 11.8. The lowest BCUT2D eigenvalue weighted by atomic mass is 9.85. The van der Waals surface area contributed by atoms with Crippen LogP contribution in [-0.4, -0.2) is 29.2 Å². The fraction of sp³-hybridized carbons (Fsp3) is 0.800. The highest BCUT2D eigenvalue weighted by Crippen LogP contribution is 2.27. The Morgan fingerprint density at radius 1 is 1.37 bits per heavy atom. The van der Waals surface area contributed by atoms with Gasteiger partial charge in [0.05, 0.1) is 12.4 Å². The summed E-state index contributed by atoms with van der Waals surface area (Å²) >= 11 is 0. The van der Waals surface area contributed by atoms with Crippen molar-refractivity contribution in [2.24, 2.45) is 11.7 Å². The lowest BCUT2D eigenvalue weighted by Crippen LogP contribution is -2.27. The Morgan fingerprint density at radius 3 is 2.89 bits per heavy atom. The van der Waals surface area contributed by atoms with Gasteiger partial charge in [-0.2, -0.15) is 0 Å². The van der Waals surface area contributed by atoms with Crippen molar-refractivity contribution in [2.45, 2.75) is 57.5 Å². The largest absolute Gasteiger partial charge is 0.377 e. The van der Waals surface area contributed by atoms with Crippen LogP contribution in [0, 0.1) is 5.92 Å². The maximum absolute atomic E-state index is 5.93. The van der Waals surface area contributed by atoms with Gasteiger partial charge in [-0.3, -0.25) is 0 Å². The number of ether oxygens (including phenoxy) is 1. The van der Waals surface area contributed by atoms with E-state index >= 15 is 0 Å². The van der Waals surface area contributed by atoms with Crippen LogP contribution in [0.15, 0.2) is 12.5 Å². The van der Waals surface area contributed by atoms with Gasteiger partial charge in [0.25, 0.3) is 0 Å². The number of aryl methyl sites for hydroxylation is 1. The lowest BCUT2D eigenvalue weighted by molar-refractivity contribution is 0.0363. The maximum atomic E-state index is 5.93. The van der Waals surface area contributed by atoms with E-state index in [-0.39, 0.29) is 6.10 Å². The predicted octanol–water partition coefficient (Wildman–Crippen LogP) is 2.66. The molecule has 0 amide bonds. The highest BCUT2D eigenvalue weighted by Gasteiger charge is 2.18. The Labute approximate surface area is 116 Å². The fourth-order valence-corrected chi connectivity index (χ4v) is 2.96. The standard InChI is InChI=1S/C15H27N3O/c16-10-15(9-13-5-2-1-3-6-13)19-8-4-7-14-11-17-12-18-14/h11-13,15H,1-10,16H2,(H,17,18). The van der Waals surface area contributed by atoms with E-state index in [9.17, 15) is 0 Å². The van der Waals surface area contributed by atoms with Crippen molar-refractivity contribution < 1.29 is 4.74 Å². The molecule has 3 N–H and O–H groups in total. The smallest absolute Gasteiger partial charge is 0.0921 e. The van der Waals surface area contributed by atoms with Gasteiger partial charge >= 0.3 is 0 Å². The van der Waals surface area contributed by atoms with Crippen LogP contribution in [0.2, 0.25) is 0 Å². The van der Waals surface area contributed by atoms with Crippen LogP contribution in [0.4, 0.5) is 0 Å².